The van der Waals surface area contributed by atoms with Crippen molar-refractivity contribution in [2.45, 2.75) is 37.5 Å². The number of benzene rings is 2. The second-order valence-electron chi connectivity index (χ2n) is 11.6. The van der Waals surface area contributed by atoms with Crippen LogP contribution in [0.15, 0.2) is 75.6 Å². The first-order chi connectivity index (χ1) is 22.6. The Kier molecular flexibility index (Phi) is 9.62. The molecule has 2 aromatic carbocycles. The minimum Gasteiger partial charge on any atom is -0.466 e. The Balaban J connectivity index is 1.27. The lowest BCUT2D eigenvalue weighted by Crippen LogP contribution is -2.40. The molecule has 0 saturated carbocycles. The highest BCUT2D eigenvalue weighted by Gasteiger charge is 2.34. The number of primary amides is 1. The number of hydrogen-bond acceptors (Lipinski definition) is 9. The summed E-state index contributed by atoms with van der Waals surface area (Å²) < 4.78 is 35.7. The molecule has 1 aromatic heterocycles. The molecule has 3 aliphatic rings. The molecular formula is C33H36N6O6S2. The first kappa shape index (κ1) is 32.7. The molecule has 2 fully saturated rings. The van der Waals surface area contributed by atoms with E-state index in [-0.39, 0.29) is 47.6 Å². The molecule has 2 saturated heterocycles. The van der Waals surface area contributed by atoms with Gasteiger partial charge in [0, 0.05) is 49.4 Å². The first-order valence-electron chi connectivity index (χ1n) is 15.6. The van der Waals surface area contributed by atoms with E-state index in [2.05, 4.69) is 4.99 Å². The van der Waals surface area contributed by atoms with Gasteiger partial charge in [-0.25, -0.2) is 13.1 Å². The molecule has 14 heteroatoms. The molecule has 0 atom stereocenters. The van der Waals surface area contributed by atoms with Gasteiger partial charge in [-0.2, -0.15) is 14.4 Å². The van der Waals surface area contributed by atoms with Crippen LogP contribution >= 0.6 is 11.8 Å². The fourth-order valence-corrected chi connectivity index (χ4v) is 8.48. The predicted molar refractivity (Wildman–Crippen MR) is 179 cm³/mol. The van der Waals surface area contributed by atoms with Crippen LogP contribution in [0, 0.1) is 11.8 Å². The number of likely N-dealkylation sites (tertiary alicyclic amines) is 1. The summed E-state index contributed by atoms with van der Waals surface area (Å²) in [7, 11) is -3.85. The molecule has 0 bridgehead atoms. The molecular weight excluding hydrogens is 641 g/mol. The topological polar surface area (TPSA) is 157 Å². The minimum atomic E-state index is -3.85. The van der Waals surface area contributed by atoms with Crippen LogP contribution in [0.2, 0.25) is 0 Å². The number of esters is 1. The van der Waals surface area contributed by atoms with Crippen molar-refractivity contribution in [2.75, 3.05) is 32.8 Å². The zero-order valence-electron chi connectivity index (χ0n) is 25.9. The SMILES string of the molecule is CCOC(=O)C1CCN(S(=O)(=O)c2cccc(-c3nn(-c4ccccc4)cc3/C=C3\SC(N4CCC(C(N)=O)CC4)=NC3=O)c2)CC1. The van der Waals surface area contributed by atoms with E-state index < -0.39 is 10.0 Å². The summed E-state index contributed by atoms with van der Waals surface area (Å²) in [6.45, 7) is 3.65. The average molecular weight is 677 g/mol. The highest BCUT2D eigenvalue weighted by Crippen LogP contribution is 2.35. The van der Waals surface area contributed by atoms with Crippen molar-refractivity contribution in [3.8, 4) is 16.9 Å². The molecule has 2 amide bonds. The Labute approximate surface area is 277 Å². The number of carbonyl (C=O) groups excluding carboxylic acids is 3. The summed E-state index contributed by atoms with van der Waals surface area (Å²) in [5, 5.41) is 5.42. The average Bonchev–Trinajstić information content (AvgIpc) is 3.69. The quantitative estimate of drug-likeness (QED) is 0.278. The monoisotopic (exact) mass is 676 g/mol. The number of thioether (sulfide) groups is 1. The fourth-order valence-electron chi connectivity index (χ4n) is 6.00. The van der Waals surface area contributed by atoms with Gasteiger partial charge in [-0.3, -0.25) is 14.4 Å². The molecule has 3 aliphatic heterocycles. The summed E-state index contributed by atoms with van der Waals surface area (Å²) in [4.78, 5) is 43.7. The largest absolute Gasteiger partial charge is 0.466 e. The molecule has 12 nitrogen and oxygen atoms in total. The van der Waals surface area contributed by atoms with Crippen LogP contribution in [0.25, 0.3) is 23.0 Å². The summed E-state index contributed by atoms with van der Waals surface area (Å²) in [5.74, 6) is -1.45. The van der Waals surface area contributed by atoms with Gasteiger partial charge < -0.3 is 15.4 Å². The smallest absolute Gasteiger partial charge is 0.309 e. The number of nitrogens with two attached hydrogens (primary N) is 1. The maximum absolute atomic E-state index is 13.7. The van der Waals surface area contributed by atoms with Crippen molar-refractivity contribution in [1.82, 2.24) is 19.0 Å². The molecule has 0 unspecified atom stereocenters. The molecule has 4 heterocycles. The highest BCUT2D eigenvalue weighted by atomic mass is 32.2. The van der Waals surface area contributed by atoms with Crippen LogP contribution in [0.5, 0.6) is 0 Å². The lowest BCUT2D eigenvalue weighted by Gasteiger charge is -2.31. The van der Waals surface area contributed by atoms with Crippen molar-refractivity contribution in [2.24, 2.45) is 22.6 Å². The van der Waals surface area contributed by atoms with Gasteiger partial charge in [0.2, 0.25) is 15.9 Å². The fraction of sp³-hybridized carbons (Fsp3) is 0.364. The normalized spacial score (nSPS) is 19.3. The number of carbonyl (C=O) groups is 3. The van der Waals surface area contributed by atoms with Gasteiger partial charge in [-0.05, 0) is 74.7 Å². The zero-order chi connectivity index (χ0) is 33.1. The van der Waals surface area contributed by atoms with Gasteiger partial charge in [0.25, 0.3) is 5.91 Å². The van der Waals surface area contributed by atoms with Crippen LogP contribution in [0.3, 0.4) is 0 Å². The number of aliphatic imine (C=N–C) groups is 1. The number of amides is 2. The van der Waals surface area contributed by atoms with Gasteiger partial charge in [-0.1, -0.05) is 30.3 Å². The number of rotatable bonds is 8. The molecule has 246 valence electrons. The van der Waals surface area contributed by atoms with Crippen molar-refractivity contribution < 1.29 is 27.5 Å². The van der Waals surface area contributed by atoms with E-state index in [4.69, 9.17) is 15.6 Å². The molecule has 0 spiro atoms. The third kappa shape index (κ3) is 7.04. The van der Waals surface area contributed by atoms with Gasteiger partial charge in [0.05, 0.1) is 28.0 Å². The van der Waals surface area contributed by atoms with Gasteiger partial charge in [-0.15, -0.1) is 0 Å². The Morgan fingerprint density at radius 3 is 2.38 bits per heavy atom. The molecule has 47 heavy (non-hydrogen) atoms. The number of sulfonamides is 1. The maximum atomic E-state index is 13.7. The Hall–Kier alpha value is -4.27. The lowest BCUT2D eigenvalue weighted by molar-refractivity contribution is -0.149. The number of aromatic nitrogens is 2. The highest BCUT2D eigenvalue weighted by molar-refractivity contribution is 8.18. The van der Waals surface area contributed by atoms with Gasteiger partial charge in [0.1, 0.15) is 5.69 Å². The van der Waals surface area contributed by atoms with Crippen LogP contribution in [0.4, 0.5) is 0 Å². The summed E-state index contributed by atoms with van der Waals surface area (Å²) in [6, 6.07) is 16.1. The van der Waals surface area contributed by atoms with Crippen molar-refractivity contribution in [1.29, 1.82) is 0 Å². The molecule has 0 radical (unpaired) electrons. The second kappa shape index (κ2) is 13.8. The summed E-state index contributed by atoms with van der Waals surface area (Å²) in [5.41, 5.74) is 7.98. The second-order valence-corrected chi connectivity index (χ2v) is 14.6. The summed E-state index contributed by atoms with van der Waals surface area (Å²) in [6.07, 6.45) is 5.56. The lowest BCUT2D eigenvalue weighted by atomic mass is 9.97. The Morgan fingerprint density at radius 1 is 1.00 bits per heavy atom. The number of para-hydroxylation sites is 1. The predicted octanol–water partition coefficient (Wildman–Crippen LogP) is 3.67. The Morgan fingerprint density at radius 2 is 1.70 bits per heavy atom. The van der Waals surface area contributed by atoms with E-state index in [1.54, 1.807) is 41.9 Å². The van der Waals surface area contributed by atoms with Crippen molar-refractivity contribution >= 4 is 50.8 Å². The van der Waals surface area contributed by atoms with E-state index in [1.165, 1.54) is 16.1 Å². The number of nitrogens with zero attached hydrogens (tertiary/aromatic N) is 5. The molecule has 2 N–H and O–H groups in total. The third-order valence-corrected chi connectivity index (χ3v) is 11.6. The van der Waals surface area contributed by atoms with Crippen LogP contribution < -0.4 is 5.73 Å². The zero-order valence-corrected chi connectivity index (χ0v) is 27.6. The standard InChI is InChI=1S/C33H36N6O6S2/c1-2-45-32(42)23-13-17-38(18-14-23)47(43,44)27-10-6-7-24(19-27)29-25(21-39(36-29)26-8-4-3-5-9-26)20-28-31(41)35-33(46-28)37-15-11-22(12-16-37)30(34)40/h3-10,19-23H,2,11-18H2,1H3,(H2,34,40)/b28-20-. The van der Waals surface area contributed by atoms with E-state index in [9.17, 15) is 22.8 Å². The number of amidine groups is 1. The van der Waals surface area contributed by atoms with E-state index in [0.717, 1.165) is 5.69 Å². The Bertz CT molecular complexity index is 1840. The van der Waals surface area contributed by atoms with Crippen LogP contribution in [0.1, 0.15) is 38.2 Å². The van der Waals surface area contributed by atoms with Crippen molar-refractivity contribution in [3.05, 3.63) is 71.3 Å². The van der Waals surface area contributed by atoms with E-state index >= 15 is 0 Å². The molecule has 6 rings (SSSR count). The van der Waals surface area contributed by atoms with E-state index in [1.807, 2.05) is 41.4 Å². The summed E-state index contributed by atoms with van der Waals surface area (Å²) >= 11 is 1.27. The van der Waals surface area contributed by atoms with E-state index in [0.29, 0.717) is 72.3 Å². The molecule has 0 aliphatic carbocycles. The van der Waals surface area contributed by atoms with Crippen molar-refractivity contribution in [3.63, 3.8) is 0 Å². The number of hydrogen-bond donors (Lipinski definition) is 1. The van der Waals surface area contributed by atoms with Crippen LogP contribution in [-0.2, 0) is 29.1 Å². The first-order valence-corrected chi connectivity index (χ1v) is 17.9. The van der Waals surface area contributed by atoms with Gasteiger partial charge >= 0.3 is 5.97 Å². The van der Waals surface area contributed by atoms with Crippen LogP contribution in [-0.4, -0.2) is 83.1 Å². The third-order valence-electron chi connectivity index (χ3n) is 8.65. The molecule has 3 aromatic rings. The maximum Gasteiger partial charge on any atom is 0.309 e. The van der Waals surface area contributed by atoms with Gasteiger partial charge in [0.15, 0.2) is 5.17 Å². The number of ether oxygens (including phenoxy) is 1. The number of piperidine rings is 2. The minimum absolute atomic E-state index is 0.119.